The van der Waals surface area contributed by atoms with Crippen molar-refractivity contribution in [2.75, 3.05) is 36.9 Å². The van der Waals surface area contributed by atoms with Gasteiger partial charge in [0.15, 0.2) is 0 Å². The number of hydrogen-bond donors (Lipinski definition) is 2. The van der Waals surface area contributed by atoms with Gasteiger partial charge in [-0.05, 0) is 36.2 Å². The van der Waals surface area contributed by atoms with E-state index in [1.165, 1.54) is 11.5 Å². The van der Waals surface area contributed by atoms with Crippen LogP contribution in [0, 0.1) is 0 Å². The number of anilines is 1. The van der Waals surface area contributed by atoms with Crippen LogP contribution in [0.15, 0.2) is 42.5 Å². The van der Waals surface area contributed by atoms with Crippen LogP contribution in [0.2, 0.25) is 5.02 Å². The van der Waals surface area contributed by atoms with E-state index in [0.717, 1.165) is 42.7 Å². The van der Waals surface area contributed by atoms with E-state index >= 15 is 0 Å². The highest BCUT2D eigenvalue weighted by Crippen LogP contribution is 2.40. The number of halogens is 1. The molecule has 1 saturated heterocycles. The van der Waals surface area contributed by atoms with E-state index in [4.69, 9.17) is 17.3 Å². The number of hydrogen-bond acceptors (Lipinski definition) is 4. The molecule has 4 rings (SSSR count). The number of nitrogens with two attached hydrogens (primary N) is 1. The van der Waals surface area contributed by atoms with Crippen LogP contribution in [-0.4, -0.2) is 41.9 Å². The molecule has 0 spiro atoms. The highest BCUT2D eigenvalue weighted by Gasteiger charge is 2.35. The van der Waals surface area contributed by atoms with Crippen LogP contribution in [0.4, 0.5) is 5.69 Å². The van der Waals surface area contributed by atoms with Crippen LogP contribution < -0.4 is 11.1 Å². The monoisotopic (exact) mass is 401 g/mol. The molecule has 2 atom stereocenters. The topological polar surface area (TPSA) is 58.4 Å². The van der Waals surface area contributed by atoms with Gasteiger partial charge in [-0.15, -0.1) is 0 Å². The summed E-state index contributed by atoms with van der Waals surface area (Å²) in [5.74, 6) is 2.29. The number of amides is 1. The number of rotatable bonds is 4. The van der Waals surface area contributed by atoms with Crippen LogP contribution in [0.1, 0.15) is 35.1 Å². The summed E-state index contributed by atoms with van der Waals surface area (Å²) >= 11 is 8.44. The number of nitrogen functional groups attached to an aromatic ring is 1. The lowest BCUT2D eigenvalue weighted by Gasteiger charge is -2.34. The Bertz CT molecular complexity index is 818. The standard InChI is InChI=1S/C21H24ClN3OS/c22-17-6-3-7-18(23)19(17)20-15-5-2-1-4-14(15)16(21(26)24-20)8-9-25-10-12-27-13-11-25/h1-7,16,20H,8-13,23H2,(H,24,26). The Labute approximate surface area is 169 Å². The molecule has 2 heterocycles. The number of carbonyl (C=O) groups excluding carboxylic acids is 1. The maximum absolute atomic E-state index is 13.0. The molecule has 142 valence electrons. The Hall–Kier alpha value is -1.69. The van der Waals surface area contributed by atoms with E-state index in [0.29, 0.717) is 10.7 Å². The van der Waals surface area contributed by atoms with Crippen molar-refractivity contribution in [3.63, 3.8) is 0 Å². The van der Waals surface area contributed by atoms with Crippen LogP contribution in [0.5, 0.6) is 0 Å². The second kappa shape index (κ2) is 8.13. The maximum atomic E-state index is 13.0. The fourth-order valence-corrected chi connectivity index (χ4v) is 5.33. The first-order valence-corrected chi connectivity index (χ1v) is 10.9. The molecule has 4 nitrogen and oxygen atoms in total. The number of nitrogens with zero attached hydrogens (tertiary/aromatic N) is 1. The molecule has 2 aromatic rings. The number of thioether (sulfide) groups is 1. The van der Waals surface area contributed by atoms with Gasteiger partial charge in [-0.2, -0.15) is 11.8 Å². The van der Waals surface area contributed by atoms with Crippen molar-refractivity contribution in [2.24, 2.45) is 0 Å². The highest BCUT2D eigenvalue weighted by molar-refractivity contribution is 7.99. The smallest absolute Gasteiger partial charge is 0.228 e. The van der Waals surface area contributed by atoms with Crippen LogP contribution in [0.25, 0.3) is 0 Å². The molecule has 0 radical (unpaired) electrons. The Morgan fingerprint density at radius 2 is 1.85 bits per heavy atom. The minimum Gasteiger partial charge on any atom is -0.398 e. The summed E-state index contributed by atoms with van der Waals surface area (Å²) in [6.07, 6.45) is 0.832. The predicted molar refractivity (Wildman–Crippen MR) is 113 cm³/mol. The first kappa shape index (κ1) is 18.7. The van der Waals surface area contributed by atoms with Gasteiger partial charge in [0.25, 0.3) is 0 Å². The van der Waals surface area contributed by atoms with Crippen molar-refractivity contribution in [1.82, 2.24) is 10.2 Å². The fourth-order valence-electron chi connectivity index (χ4n) is 4.06. The third-order valence-corrected chi connectivity index (χ3v) is 6.77. The fraction of sp³-hybridized carbons (Fsp3) is 0.381. The summed E-state index contributed by atoms with van der Waals surface area (Å²) in [6, 6.07) is 13.4. The van der Waals surface area contributed by atoms with Gasteiger partial charge in [-0.25, -0.2) is 0 Å². The third kappa shape index (κ3) is 3.82. The van der Waals surface area contributed by atoms with E-state index < -0.39 is 0 Å². The van der Waals surface area contributed by atoms with Gasteiger partial charge in [0.1, 0.15) is 0 Å². The normalized spacial score (nSPS) is 22.9. The predicted octanol–water partition coefficient (Wildman–Crippen LogP) is 3.66. The van der Waals surface area contributed by atoms with Crippen LogP contribution in [-0.2, 0) is 4.79 Å². The first-order chi connectivity index (χ1) is 13.1. The van der Waals surface area contributed by atoms with Crippen molar-refractivity contribution in [2.45, 2.75) is 18.4 Å². The molecule has 0 aromatic heterocycles. The third-order valence-electron chi connectivity index (χ3n) is 5.50. The van der Waals surface area contributed by atoms with Crippen LogP contribution >= 0.6 is 23.4 Å². The van der Waals surface area contributed by atoms with Gasteiger partial charge in [0, 0.05) is 40.9 Å². The van der Waals surface area contributed by atoms with Gasteiger partial charge < -0.3 is 16.0 Å². The number of carbonyl (C=O) groups is 1. The summed E-state index contributed by atoms with van der Waals surface area (Å²) in [5, 5.41) is 3.77. The lowest BCUT2D eigenvalue weighted by atomic mass is 9.81. The number of benzene rings is 2. The minimum atomic E-state index is -0.301. The van der Waals surface area contributed by atoms with E-state index in [9.17, 15) is 4.79 Å². The molecule has 2 aromatic carbocycles. The van der Waals surface area contributed by atoms with Crippen molar-refractivity contribution in [3.05, 3.63) is 64.2 Å². The minimum absolute atomic E-state index is 0.0596. The Morgan fingerprint density at radius 3 is 2.59 bits per heavy atom. The van der Waals surface area contributed by atoms with E-state index in [1.54, 1.807) is 0 Å². The zero-order chi connectivity index (χ0) is 18.8. The molecule has 1 fully saturated rings. The van der Waals surface area contributed by atoms with E-state index in [1.807, 2.05) is 42.1 Å². The van der Waals surface area contributed by atoms with Crippen molar-refractivity contribution >= 4 is 35.0 Å². The largest absolute Gasteiger partial charge is 0.398 e. The summed E-state index contributed by atoms with van der Waals surface area (Å²) < 4.78 is 0. The molecule has 1 amide bonds. The Kier molecular flexibility index (Phi) is 5.62. The Balaban J connectivity index is 1.63. The van der Waals surface area contributed by atoms with Gasteiger partial charge in [0.05, 0.1) is 12.0 Å². The highest BCUT2D eigenvalue weighted by atomic mass is 35.5. The number of nitrogens with one attached hydrogen (secondary N) is 1. The average Bonchev–Trinajstić information content (AvgIpc) is 2.68. The number of fused-ring (bicyclic) bond motifs is 1. The summed E-state index contributed by atoms with van der Waals surface area (Å²) in [6.45, 7) is 3.17. The van der Waals surface area contributed by atoms with E-state index in [2.05, 4.69) is 22.3 Å². The lowest BCUT2D eigenvalue weighted by molar-refractivity contribution is -0.123. The summed E-state index contributed by atoms with van der Waals surface area (Å²) in [7, 11) is 0. The van der Waals surface area contributed by atoms with Gasteiger partial charge in [0.2, 0.25) is 5.91 Å². The first-order valence-electron chi connectivity index (χ1n) is 9.38. The molecule has 0 aliphatic carbocycles. The quantitative estimate of drug-likeness (QED) is 0.767. The molecular formula is C21H24ClN3OS. The molecule has 2 aliphatic heterocycles. The second-order valence-corrected chi connectivity index (χ2v) is 8.74. The SMILES string of the molecule is Nc1cccc(Cl)c1C1NC(=O)C(CCN2CCSCC2)c2ccccc21. The maximum Gasteiger partial charge on any atom is 0.228 e. The van der Waals surface area contributed by atoms with Gasteiger partial charge in [-0.3, -0.25) is 4.79 Å². The van der Waals surface area contributed by atoms with Gasteiger partial charge >= 0.3 is 0 Å². The molecular weight excluding hydrogens is 378 g/mol. The molecule has 2 unspecified atom stereocenters. The molecule has 27 heavy (non-hydrogen) atoms. The molecule has 0 bridgehead atoms. The molecule has 3 N–H and O–H groups in total. The average molecular weight is 402 g/mol. The molecule has 2 aliphatic rings. The second-order valence-electron chi connectivity index (χ2n) is 7.11. The van der Waals surface area contributed by atoms with Gasteiger partial charge in [-0.1, -0.05) is 41.9 Å². The van der Waals surface area contributed by atoms with Crippen LogP contribution in [0.3, 0.4) is 0 Å². The Morgan fingerprint density at radius 1 is 1.11 bits per heavy atom. The van der Waals surface area contributed by atoms with Crippen molar-refractivity contribution < 1.29 is 4.79 Å². The molecule has 0 saturated carbocycles. The lowest BCUT2D eigenvalue weighted by Crippen LogP contribution is -2.41. The van der Waals surface area contributed by atoms with Crippen molar-refractivity contribution in [1.29, 1.82) is 0 Å². The molecule has 6 heteroatoms. The van der Waals surface area contributed by atoms with Crippen molar-refractivity contribution in [3.8, 4) is 0 Å². The zero-order valence-electron chi connectivity index (χ0n) is 15.2. The summed E-state index contributed by atoms with van der Waals surface area (Å²) in [4.78, 5) is 15.5. The van der Waals surface area contributed by atoms with E-state index in [-0.39, 0.29) is 17.9 Å². The zero-order valence-corrected chi connectivity index (χ0v) is 16.7. The summed E-state index contributed by atoms with van der Waals surface area (Å²) in [5.41, 5.74) is 9.78.